The molecule has 0 atom stereocenters. The summed E-state index contributed by atoms with van der Waals surface area (Å²) in [4.78, 5) is 20.3. The number of hydrogen-bond acceptors (Lipinski definition) is 3. The molecule has 0 radical (unpaired) electrons. The molecule has 0 saturated carbocycles. The van der Waals surface area contributed by atoms with Gasteiger partial charge >= 0.3 is 0 Å². The summed E-state index contributed by atoms with van der Waals surface area (Å²) in [6.45, 7) is 3.38. The first kappa shape index (κ1) is 17.4. The second-order valence-electron chi connectivity index (χ2n) is 6.17. The molecule has 0 unspecified atom stereocenters. The summed E-state index contributed by atoms with van der Waals surface area (Å²) >= 11 is 1.74. The number of amides is 1. The molecule has 128 valence electrons. The molecule has 0 spiro atoms. The highest BCUT2D eigenvalue weighted by atomic mass is 32.1. The fourth-order valence-electron chi connectivity index (χ4n) is 2.81. The normalized spacial score (nSPS) is 10.6. The summed E-state index contributed by atoms with van der Waals surface area (Å²) in [7, 11) is 0. The van der Waals surface area contributed by atoms with Gasteiger partial charge in [-0.25, -0.2) is 0 Å². The van der Waals surface area contributed by atoms with Crippen LogP contribution in [0.15, 0.2) is 66.3 Å². The third-order valence-corrected chi connectivity index (χ3v) is 5.03. The standard InChI is InChI=1S/C21H22N2OS/c1-17-5-2-6-18(13-17)14-21(24)23(11-9-20-8-4-12-25-20)16-19-7-3-10-22-15-19/h2-8,10,12-13,15H,9,11,14,16H2,1H3. The Labute approximate surface area is 153 Å². The first-order valence-electron chi connectivity index (χ1n) is 8.45. The lowest BCUT2D eigenvalue weighted by Gasteiger charge is -2.23. The van der Waals surface area contributed by atoms with Crippen molar-refractivity contribution >= 4 is 17.2 Å². The van der Waals surface area contributed by atoms with E-state index in [1.54, 1.807) is 17.5 Å². The summed E-state index contributed by atoms with van der Waals surface area (Å²) in [5.74, 6) is 0.158. The lowest BCUT2D eigenvalue weighted by molar-refractivity contribution is -0.131. The van der Waals surface area contributed by atoms with Gasteiger partial charge in [0.1, 0.15) is 0 Å². The van der Waals surface area contributed by atoms with Crippen LogP contribution in [0.25, 0.3) is 0 Å². The Bertz CT molecular complexity index is 800. The molecule has 0 saturated heterocycles. The third-order valence-electron chi connectivity index (χ3n) is 4.09. The van der Waals surface area contributed by atoms with Crippen molar-refractivity contribution in [3.63, 3.8) is 0 Å². The molecule has 0 aliphatic rings. The van der Waals surface area contributed by atoms with Crippen LogP contribution in [0.2, 0.25) is 0 Å². The molecule has 0 aliphatic carbocycles. The Kier molecular flexibility index (Phi) is 5.96. The van der Waals surface area contributed by atoms with Gasteiger partial charge in [0.15, 0.2) is 0 Å². The molecule has 25 heavy (non-hydrogen) atoms. The molecule has 0 N–H and O–H groups in total. The van der Waals surface area contributed by atoms with Crippen LogP contribution in [0.1, 0.15) is 21.6 Å². The zero-order chi connectivity index (χ0) is 17.5. The van der Waals surface area contributed by atoms with Crippen LogP contribution in [0.3, 0.4) is 0 Å². The molecule has 0 aliphatic heterocycles. The number of rotatable bonds is 7. The maximum absolute atomic E-state index is 12.9. The van der Waals surface area contributed by atoms with Gasteiger partial charge in [-0.05, 0) is 42.0 Å². The van der Waals surface area contributed by atoms with E-state index in [-0.39, 0.29) is 5.91 Å². The van der Waals surface area contributed by atoms with E-state index in [0.29, 0.717) is 13.0 Å². The zero-order valence-corrected chi connectivity index (χ0v) is 15.2. The Hall–Kier alpha value is -2.46. The van der Waals surface area contributed by atoms with E-state index in [9.17, 15) is 4.79 Å². The van der Waals surface area contributed by atoms with Crippen molar-refractivity contribution in [2.24, 2.45) is 0 Å². The number of benzene rings is 1. The molecule has 3 nitrogen and oxygen atoms in total. The van der Waals surface area contributed by atoms with Crippen molar-refractivity contribution in [1.82, 2.24) is 9.88 Å². The number of carbonyl (C=O) groups is 1. The van der Waals surface area contributed by atoms with Gasteiger partial charge in [-0.15, -0.1) is 11.3 Å². The molecule has 3 aromatic rings. The number of aromatic nitrogens is 1. The number of hydrogen-bond donors (Lipinski definition) is 0. The molecule has 3 rings (SSSR count). The Morgan fingerprint density at radius 1 is 1.12 bits per heavy atom. The lowest BCUT2D eigenvalue weighted by atomic mass is 10.1. The van der Waals surface area contributed by atoms with Crippen molar-refractivity contribution in [3.05, 3.63) is 87.9 Å². The smallest absolute Gasteiger partial charge is 0.227 e. The SMILES string of the molecule is Cc1cccc(CC(=O)N(CCc2cccs2)Cc2cccnc2)c1. The summed E-state index contributed by atoms with van der Waals surface area (Å²) in [6.07, 6.45) is 4.91. The van der Waals surface area contributed by atoms with Crippen LogP contribution >= 0.6 is 11.3 Å². The van der Waals surface area contributed by atoms with Crippen LogP contribution in [0.4, 0.5) is 0 Å². The molecular weight excluding hydrogens is 328 g/mol. The van der Waals surface area contributed by atoms with Gasteiger partial charge in [-0.3, -0.25) is 9.78 Å². The van der Waals surface area contributed by atoms with Crippen molar-refractivity contribution in [1.29, 1.82) is 0 Å². The van der Waals surface area contributed by atoms with E-state index in [1.165, 1.54) is 10.4 Å². The minimum absolute atomic E-state index is 0.158. The van der Waals surface area contributed by atoms with E-state index >= 15 is 0 Å². The number of thiophene rings is 1. The summed E-state index contributed by atoms with van der Waals surface area (Å²) in [6, 6.07) is 16.3. The molecule has 4 heteroatoms. The summed E-state index contributed by atoms with van der Waals surface area (Å²) in [5, 5.41) is 2.08. The number of nitrogens with zero attached hydrogens (tertiary/aromatic N) is 2. The van der Waals surface area contributed by atoms with Gasteiger partial charge in [-0.1, -0.05) is 42.0 Å². The molecule has 0 bridgehead atoms. The number of carbonyl (C=O) groups excluding carboxylic acids is 1. The van der Waals surface area contributed by atoms with Crippen molar-refractivity contribution in [2.75, 3.05) is 6.54 Å². The van der Waals surface area contributed by atoms with Gasteiger partial charge in [0.25, 0.3) is 0 Å². The highest BCUT2D eigenvalue weighted by Gasteiger charge is 2.15. The van der Waals surface area contributed by atoms with Gasteiger partial charge < -0.3 is 4.90 Å². The fraction of sp³-hybridized carbons (Fsp3) is 0.238. The van der Waals surface area contributed by atoms with E-state index in [1.807, 2.05) is 35.4 Å². The molecule has 1 amide bonds. The first-order chi connectivity index (χ1) is 12.2. The van der Waals surface area contributed by atoms with Crippen LogP contribution in [0, 0.1) is 6.92 Å². The van der Waals surface area contributed by atoms with Gasteiger partial charge in [-0.2, -0.15) is 0 Å². The topological polar surface area (TPSA) is 33.2 Å². The average Bonchev–Trinajstić information content (AvgIpc) is 3.13. The maximum Gasteiger partial charge on any atom is 0.227 e. The largest absolute Gasteiger partial charge is 0.338 e. The van der Waals surface area contributed by atoms with Crippen molar-refractivity contribution < 1.29 is 4.79 Å². The predicted octanol–water partition coefficient (Wildman–Crippen LogP) is 4.27. The lowest BCUT2D eigenvalue weighted by Crippen LogP contribution is -2.33. The molecule has 2 aromatic heterocycles. The van der Waals surface area contributed by atoms with Gasteiger partial charge in [0.2, 0.25) is 5.91 Å². The molecule has 1 aromatic carbocycles. The monoisotopic (exact) mass is 350 g/mol. The summed E-state index contributed by atoms with van der Waals surface area (Å²) in [5.41, 5.74) is 3.31. The average molecular weight is 350 g/mol. The Balaban J connectivity index is 1.70. The summed E-state index contributed by atoms with van der Waals surface area (Å²) < 4.78 is 0. The molecule has 0 fully saturated rings. The van der Waals surface area contributed by atoms with Gasteiger partial charge in [0.05, 0.1) is 6.42 Å². The quantitative estimate of drug-likeness (QED) is 0.638. The van der Waals surface area contributed by atoms with E-state index in [0.717, 1.165) is 24.1 Å². The van der Waals surface area contributed by atoms with E-state index < -0.39 is 0 Å². The fourth-order valence-corrected chi connectivity index (χ4v) is 3.51. The number of pyridine rings is 1. The van der Waals surface area contributed by atoms with Crippen LogP contribution in [0.5, 0.6) is 0 Å². The minimum atomic E-state index is 0.158. The van der Waals surface area contributed by atoms with Crippen LogP contribution < -0.4 is 0 Å². The number of aryl methyl sites for hydroxylation is 1. The second kappa shape index (κ2) is 8.58. The maximum atomic E-state index is 12.9. The highest BCUT2D eigenvalue weighted by molar-refractivity contribution is 7.09. The van der Waals surface area contributed by atoms with Gasteiger partial charge in [0, 0.05) is 30.4 Å². The first-order valence-corrected chi connectivity index (χ1v) is 9.33. The zero-order valence-electron chi connectivity index (χ0n) is 14.4. The minimum Gasteiger partial charge on any atom is -0.338 e. The Morgan fingerprint density at radius 2 is 2.00 bits per heavy atom. The van der Waals surface area contributed by atoms with E-state index in [4.69, 9.17) is 0 Å². The molecule has 2 heterocycles. The predicted molar refractivity (Wildman–Crippen MR) is 103 cm³/mol. The Morgan fingerprint density at radius 3 is 2.72 bits per heavy atom. The van der Waals surface area contributed by atoms with Crippen molar-refractivity contribution in [2.45, 2.75) is 26.3 Å². The van der Waals surface area contributed by atoms with Crippen LogP contribution in [-0.2, 0) is 24.2 Å². The second-order valence-corrected chi connectivity index (χ2v) is 7.20. The molecular formula is C21H22N2OS. The van der Waals surface area contributed by atoms with Crippen molar-refractivity contribution in [3.8, 4) is 0 Å². The van der Waals surface area contributed by atoms with Crippen LogP contribution in [-0.4, -0.2) is 22.3 Å². The third kappa shape index (κ3) is 5.26. The van der Waals surface area contributed by atoms with E-state index in [2.05, 4.69) is 41.6 Å². The highest BCUT2D eigenvalue weighted by Crippen LogP contribution is 2.13.